The van der Waals surface area contributed by atoms with Gasteiger partial charge in [-0.3, -0.25) is 14.8 Å². The normalized spacial score (nSPS) is 10.8. The molecule has 3 heterocycles. The zero-order valence-electron chi connectivity index (χ0n) is 19.0. The van der Waals surface area contributed by atoms with E-state index in [1.54, 1.807) is 31.6 Å². The minimum Gasteiger partial charge on any atom is -0.457 e. The molecule has 3 aromatic heterocycles. The predicted octanol–water partition coefficient (Wildman–Crippen LogP) is 5.58. The van der Waals surface area contributed by atoms with Gasteiger partial charge in [0.05, 0.1) is 16.1 Å². The van der Waals surface area contributed by atoms with Crippen molar-refractivity contribution in [2.45, 2.75) is 0 Å². The number of carbonyl (C=O) groups is 1. The van der Waals surface area contributed by atoms with Crippen molar-refractivity contribution in [1.29, 1.82) is 0 Å². The SMILES string of the molecule is CNC(=O)c1cc(Oc2ccc3c(c2)nc(Nc2cccc(-c4ccncc4Cl)c2)n3C)ccn1. The van der Waals surface area contributed by atoms with E-state index in [4.69, 9.17) is 21.3 Å². The van der Waals surface area contributed by atoms with Gasteiger partial charge in [-0.2, -0.15) is 0 Å². The van der Waals surface area contributed by atoms with Crippen molar-refractivity contribution in [3.63, 3.8) is 0 Å². The lowest BCUT2D eigenvalue weighted by Crippen LogP contribution is -2.18. The van der Waals surface area contributed by atoms with E-state index in [-0.39, 0.29) is 11.6 Å². The van der Waals surface area contributed by atoms with Crippen molar-refractivity contribution in [2.75, 3.05) is 12.4 Å². The number of aryl methyl sites for hydroxylation is 1. The number of hydrogen-bond acceptors (Lipinski definition) is 6. The number of pyridine rings is 2. The summed E-state index contributed by atoms with van der Waals surface area (Å²) >= 11 is 6.32. The van der Waals surface area contributed by atoms with Gasteiger partial charge in [0.1, 0.15) is 17.2 Å². The highest BCUT2D eigenvalue weighted by atomic mass is 35.5. The Morgan fingerprint density at radius 1 is 1.03 bits per heavy atom. The average molecular weight is 485 g/mol. The molecule has 0 radical (unpaired) electrons. The van der Waals surface area contributed by atoms with E-state index in [2.05, 4.69) is 20.6 Å². The van der Waals surface area contributed by atoms with E-state index in [0.29, 0.717) is 22.5 Å². The van der Waals surface area contributed by atoms with E-state index in [1.165, 1.54) is 6.20 Å². The molecule has 0 spiro atoms. The van der Waals surface area contributed by atoms with Crippen molar-refractivity contribution < 1.29 is 9.53 Å². The molecule has 0 saturated carbocycles. The number of imidazole rings is 1. The molecule has 2 N–H and O–H groups in total. The Hall–Kier alpha value is -4.43. The summed E-state index contributed by atoms with van der Waals surface area (Å²) in [6.45, 7) is 0. The summed E-state index contributed by atoms with van der Waals surface area (Å²) in [7, 11) is 3.50. The lowest BCUT2D eigenvalue weighted by Gasteiger charge is -2.09. The van der Waals surface area contributed by atoms with Gasteiger partial charge in [0, 0.05) is 56.1 Å². The second-order valence-corrected chi connectivity index (χ2v) is 8.17. The first kappa shape index (κ1) is 22.4. The predicted molar refractivity (Wildman–Crippen MR) is 136 cm³/mol. The summed E-state index contributed by atoms with van der Waals surface area (Å²) in [6.07, 6.45) is 4.89. The summed E-state index contributed by atoms with van der Waals surface area (Å²) in [6, 6.07) is 18.8. The Kier molecular flexibility index (Phi) is 6.03. The molecule has 35 heavy (non-hydrogen) atoms. The van der Waals surface area contributed by atoms with Crippen LogP contribution in [0.25, 0.3) is 22.2 Å². The fraction of sp³-hybridized carbons (Fsp3) is 0.0769. The van der Waals surface area contributed by atoms with Crippen LogP contribution in [0.2, 0.25) is 5.02 Å². The Labute approximate surface area is 206 Å². The number of aromatic nitrogens is 4. The van der Waals surface area contributed by atoms with Crippen LogP contribution >= 0.6 is 11.6 Å². The van der Waals surface area contributed by atoms with Crippen LogP contribution in [-0.2, 0) is 7.05 Å². The topological polar surface area (TPSA) is 94.0 Å². The fourth-order valence-corrected chi connectivity index (χ4v) is 3.95. The third-order valence-corrected chi connectivity index (χ3v) is 5.78. The lowest BCUT2D eigenvalue weighted by molar-refractivity contribution is 0.0958. The van der Waals surface area contributed by atoms with Gasteiger partial charge in [-0.1, -0.05) is 23.7 Å². The van der Waals surface area contributed by atoms with Crippen molar-refractivity contribution in [3.05, 3.63) is 90.0 Å². The van der Waals surface area contributed by atoms with Crippen LogP contribution in [0.1, 0.15) is 10.5 Å². The number of fused-ring (bicyclic) bond motifs is 1. The molecule has 0 aliphatic carbocycles. The molecule has 5 rings (SSSR count). The van der Waals surface area contributed by atoms with Crippen molar-refractivity contribution in [3.8, 4) is 22.6 Å². The molecule has 0 unspecified atom stereocenters. The molecule has 0 atom stereocenters. The van der Waals surface area contributed by atoms with Crippen LogP contribution in [0.15, 0.2) is 79.3 Å². The second kappa shape index (κ2) is 9.44. The van der Waals surface area contributed by atoms with Gasteiger partial charge in [-0.05, 0) is 42.0 Å². The Balaban J connectivity index is 1.40. The minimum atomic E-state index is -0.276. The van der Waals surface area contributed by atoms with Crippen LogP contribution in [0.3, 0.4) is 0 Å². The van der Waals surface area contributed by atoms with Gasteiger partial charge in [-0.15, -0.1) is 0 Å². The van der Waals surface area contributed by atoms with Gasteiger partial charge in [0.2, 0.25) is 5.95 Å². The van der Waals surface area contributed by atoms with E-state index in [1.807, 2.05) is 60.1 Å². The highest BCUT2D eigenvalue weighted by Crippen LogP contribution is 2.31. The number of anilines is 2. The Morgan fingerprint density at radius 3 is 2.71 bits per heavy atom. The number of carbonyl (C=O) groups excluding carboxylic acids is 1. The average Bonchev–Trinajstić information content (AvgIpc) is 3.18. The van der Waals surface area contributed by atoms with Gasteiger partial charge in [0.25, 0.3) is 5.91 Å². The maximum Gasteiger partial charge on any atom is 0.269 e. The van der Waals surface area contributed by atoms with E-state index < -0.39 is 0 Å². The second-order valence-electron chi connectivity index (χ2n) is 7.76. The summed E-state index contributed by atoms with van der Waals surface area (Å²) in [5.74, 6) is 1.52. The summed E-state index contributed by atoms with van der Waals surface area (Å²) in [5.41, 5.74) is 4.75. The number of ether oxygens (including phenoxy) is 1. The number of amides is 1. The number of nitrogens with zero attached hydrogens (tertiary/aromatic N) is 4. The highest BCUT2D eigenvalue weighted by molar-refractivity contribution is 6.33. The largest absolute Gasteiger partial charge is 0.457 e. The number of benzene rings is 2. The maximum atomic E-state index is 11.8. The van der Waals surface area contributed by atoms with E-state index in [0.717, 1.165) is 27.8 Å². The zero-order valence-corrected chi connectivity index (χ0v) is 19.7. The zero-order chi connectivity index (χ0) is 24.4. The van der Waals surface area contributed by atoms with Crippen molar-refractivity contribution in [1.82, 2.24) is 24.8 Å². The first-order valence-corrected chi connectivity index (χ1v) is 11.2. The number of halogens is 1. The third-order valence-electron chi connectivity index (χ3n) is 5.48. The van der Waals surface area contributed by atoms with E-state index >= 15 is 0 Å². The van der Waals surface area contributed by atoms with Crippen molar-refractivity contribution in [2.24, 2.45) is 7.05 Å². The molecule has 1 amide bonds. The molecule has 0 aliphatic heterocycles. The number of nitrogens with one attached hydrogen (secondary N) is 2. The summed E-state index contributed by atoms with van der Waals surface area (Å²) in [5, 5.41) is 6.54. The van der Waals surface area contributed by atoms with Gasteiger partial charge in [-0.25, -0.2) is 4.98 Å². The first-order valence-electron chi connectivity index (χ1n) is 10.8. The lowest BCUT2D eigenvalue weighted by atomic mass is 10.1. The molecule has 0 bridgehead atoms. The van der Waals surface area contributed by atoms with Crippen LogP contribution < -0.4 is 15.4 Å². The number of hydrogen-bond donors (Lipinski definition) is 2. The minimum absolute atomic E-state index is 0.276. The Bertz CT molecular complexity index is 1550. The molecule has 9 heteroatoms. The molecule has 0 aliphatic rings. The third kappa shape index (κ3) is 4.64. The van der Waals surface area contributed by atoms with Crippen LogP contribution in [-0.4, -0.2) is 32.5 Å². The van der Waals surface area contributed by atoms with Crippen LogP contribution in [0, 0.1) is 0 Å². The molecular formula is C26H21ClN6O2. The number of rotatable bonds is 6. The molecule has 5 aromatic rings. The monoisotopic (exact) mass is 484 g/mol. The quantitative estimate of drug-likeness (QED) is 0.327. The van der Waals surface area contributed by atoms with Crippen molar-refractivity contribution >= 4 is 40.2 Å². The smallest absolute Gasteiger partial charge is 0.269 e. The molecule has 8 nitrogen and oxygen atoms in total. The molecule has 0 fully saturated rings. The van der Waals surface area contributed by atoms with Crippen LogP contribution in [0.4, 0.5) is 11.6 Å². The van der Waals surface area contributed by atoms with Gasteiger partial charge < -0.3 is 19.9 Å². The standard InChI is InChI=1S/C26H21ClN6O2/c1-28-25(34)23-14-19(8-11-30-23)35-18-6-7-24-22(13-18)32-26(33(24)2)31-17-5-3-4-16(12-17)20-9-10-29-15-21(20)27/h3-15H,1-2H3,(H,28,34)(H,31,32). The molecular weight excluding hydrogens is 464 g/mol. The first-order chi connectivity index (χ1) is 17.0. The molecule has 0 saturated heterocycles. The van der Waals surface area contributed by atoms with Gasteiger partial charge in [0.15, 0.2) is 0 Å². The summed E-state index contributed by atoms with van der Waals surface area (Å²) < 4.78 is 7.93. The Morgan fingerprint density at radius 2 is 1.89 bits per heavy atom. The maximum absolute atomic E-state index is 11.8. The summed E-state index contributed by atoms with van der Waals surface area (Å²) in [4.78, 5) is 24.7. The molecule has 174 valence electrons. The van der Waals surface area contributed by atoms with Gasteiger partial charge >= 0.3 is 0 Å². The van der Waals surface area contributed by atoms with E-state index in [9.17, 15) is 4.79 Å². The fourth-order valence-electron chi connectivity index (χ4n) is 3.72. The molecule has 2 aromatic carbocycles. The highest BCUT2D eigenvalue weighted by Gasteiger charge is 2.12. The van der Waals surface area contributed by atoms with Crippen LogP contribution in [0.5, 0.6) is 11.5 Å².